The number of anilines is 1. The van der Waals surface area contributed by atoms with Crippen LogP contribution in [0, 0.1) is 11.8 Å². The van der Waals surface area contributed by atoms with Gasteiger partial charge in [-0.15, -0.1) is 0 Å². The third-order valence-corrected chi connectivity index (χ3v) is 3.08. The molecular formula is C16H13N3O. The van der Waals surface area contributed by atoms with Crippen LogP contribution in [0.25, 0.3) is 0 Å². The number of nitrogens with zero attached hydrogens (tertiary/aromatic N) is 3. The maximum atomic E-state index is 11.6. The van der Waals surface area contributed by atoms with E-state index in [1.54, 1.807) is 17.3 Å². The topological polar surface area (TPSA) is 46.1 Å². The second kappa shape index (κ2) is 5.54. The Morgan fingerprint density at radius 3 is 2.35 bits per heavy atom. The summed E-state index contributed by atoms with van der Waals surface area (Å²) in [5.74, 6) is 6.62. The van der Waals surface area contributed by atoms with Gasteiger partial charge in [0, 0.05) is 30.9 Å². The van der Waals surface area contributed by atoms with E-state index in [1.165, 1.54) is 0 Å². The van der Waals surface area contributed by atoms with E-state index in [4.69, 9.17) is 0 Å². The van der Waals surface area contributed by atoms with Crippen molar-refractivity contribution in [1.82, 2.24) is 9.97 Å². The van der Waals surface area contributed by atoms with Crippen LogP contribution < -0.4 is 4.90 Å². The van der Waals surface area contributed by atoms with Crippen molar-refractivity contribution in [3.8, 4) is 11.8 Å². The number of benzene rings is 1. The van der Waals surface area contributed by atoms with Crippen molar-refractivity contribution in [2.45, 2.75) is 12.8 Å². The Hall–Kier alpha value is -2.67. The SMILES string of the molecule is O=C1CCCN1c1ncc(C#Cc2ccccc2)cn1. The third-order valence-electron chi connectivity index (χ3n) is 3.08. The lowest BCUT2D eigenvalue weighted by atomic mass is 10.2. The molecule has 1 fully saturated rings. The third kappa shape index (κ3) is 2.67. The summed E-state index contributed by atoms with van der Waals surface area (Å²) in [5.41, 5.74) is 1.69. The first-order valence-corrected chi connectivity index (χ1v) is 6.52. The number of carbonyl (C=O) groups is 1. The second-order valence-electron chi connectivity index (χ2n) is 4.54. The molecule has 1 aliphatic heterocycles. The summed E-state index contributed by atoms with van der Waals surface area (Å²) in [4.78, 5) is 21.6. The number of rotatable bonds is 1. The second-order valence-corrected chi connectivity index (χ2v) is 4.54. The van der Waals surface area contributed by atoms with E-state index in [2.05, 4.69) is 21.8 Å². The fourth-order valence-electron chi connectivity index (χ4n) is 2.05. The van der Waals surface area contributed by atoms with Crippen LogP contribution in [-0.4, -0.2) is 22.4 Å². The minimum absolute atomic E-state index is 0.0909. The van der Waals surface area contributed by atoms with Crippen LogP contribution >= 0.6 is 0 Å². The first-order valence-electron chi connectivity index (χ1n) is 6.52. The standard InChI is InChI=1S/C16H13N3O/c20-15-7-4-10-19(15)16-17-11-14(12-18-16)9-8-13-5-2-1-3-6-13/h1-3,5-6,11-12H,4,7,10H2. The van der Waals surface area contributed by atoms with Crippen LogP contribution in [0.3, 0.4) is 0 Å². The number of amides is 1. The van der Waals surface area contributed by atoms with Crippen molar-refractivity contribution in [3.63, 3.8) is 0 Å². The van der Waals surface area contributed by atoms with E-state index < -0.39 is 0 Å². The molecule has 1 aliphatic rings. The Morgan fingerprint density at radius 1 is 1.00 bits per heavy atom. The fourth-order valence-corrected chi connectivity index (χ4v) is 2.05. The molecule has 0 N–H and O–H groups in total. The molecule has 3 rings (SSSR count). The highest BCUT2D eigenvalue weighted by molar-refractivity contribution is 5.93. The van der Waals surface area contributed by atoms with Gasteiger partial charge in [0.2, 0.25) is 11.9 Å². The minimum atomic E-state index is 0.0909. The largest absolute Gasteiger partial charge is 0.281 e. The van der Waals surface area contributed by atoms with Crippen molar-refractivity contribution in [3.05, 3.63) is 53.9 Å². The van der Waals surface area contributed by atoms with E-state index in [0.29, 0.717) is 18.9 Å². The summed E-state index contributed by atoms with van der Waals surface area (Å²) in [6, 6.07) is 9.75. The molecule has 4 heteroatoms. The molecule has 0 radical (unpaired) electrons. The summed E-state index contributed by atoms with van der Waals surface area (Å²) in [6.07, 6.45) is 4.77. The van der Waals surface area contributed by atoms with Crippen LogP contribution in [0.4, 0.5) is 5.95 Å². The van der Waals surface area contributed by atoms with Gasteiger partial charge in [0.05, 0.1) is 5.56 Å². The zero-order chi connectivity index (χ0) is 13.8. The van der Waals surface area contributed by atoms with Crippen LogP contribution in [0.1, 0.15) is 24.0 Å². The molecule has 4 nitrogen and oxygen atoms in total. The molecule has 1 amide bonds. The summed E-state index contributed by atoms with van der Waals surface area (Å²) in [5, 5.41) is 0. The molecule has 20 heavy (non-hydrogen) atoms. The molecule has 2 aromatic rings. The van der Waals surface area contributed by atoms with E-state index in [0.717, 1.165) is 17.5 Å². The number of carbonyl (C=O) groups excluding carboxylic acids is 1. The van der Waals surface area contributed by atoms with Crippen molar-refractivity contribution in [2.24, 2.45) is 0 Å². The monoisotopic (exact) mass is 263 g/mol. The summed E-state index contributed by atoms with van der Waals surface area (Å²) >= 11 is 0. The molecule has 0 aliphatic carbocycles. The number of aromatic nitrogens is 2. The van der Waals surface area contributed by atoms with Gasteiger partial charge in [0.1, 0.15) is 0 Å². The normalized spacial score (nSPS) is 14.0. The highest BCUT2D eigenvalue weighted by atomic mass is 16.2. The van der Waals surface area contributed by atoms with Crippen LogP contribution in [0.5, 0.6) is 0 Å². The lowest BCUT2D eigenvalue weighted by molar-refractivity contribution is -0.117. The maximum Gasteiger partial charge on any atom is 0.232 e. The van der Waals surface area contributed by atoms with Crippen molar-refractivity contribution in [2.75, 3.05) is 11.4 Å². The molecule has 0 saturated carbocycles. The lowest BCUT2D eigenvalue weighted by Crippen LogP contribution is -2.25. The van der Waals surface area contributed by atoms with Crippen molar-refractivity contribution >= 4 is 11.9 Å². The highest BCUT2D eigenvalue weighted by Gasteiger charge is 2.23. The van der Waals surface area contributed by atoms with Gasteiger partial charge in [-0.3, -0.25) is 9.69 Å². The predicted octanol–water partition coefficient (Wildman–Crippen LogP) is 2.00. The Kier molecular flexibility index (Phi) is 3.42. The van der Waals surface area contributed by atoms with Crippen LogP contribution in [0.15, 0.2) is 42.7 Å². The molecule has 2 heterocycles. The van der Waals surface area contributed by atoms with E-state index in [9.17, 15) is 4.79 Å². The van der Waals surface area contributed by atoms with Crippen LogP contribution in [0.2, 0.25) is 0 Å². The average molecular weight is 263 g/mol. The number of hydrogen-bond donors (Lipinski definition) is 0. The average Bonchev–Trinajstić information content (AvgIpc) is 2.93. The molecule has 0 unspecified atom stereocenters. The zero-order valence-electron chi connectivity index (χ0n) is 10.9. The van der Waals surface area contributed by atoms with E-state index in [-0.39, 0.29) is 5.91 Å². The van der Waals surface area contributed by atoms with Gasteiger partial charge in [0.25, 0.3) is 0 Å². The van der Waals surface area contributed by atoms with Gasteiger partial charge >= 0.3 is 0 Å². The van der Waals surface area contributed by atoms with E-state index in [1.807, 2.05) is 30.3 Å². The molecule has 0 bridgehead atoms. The fraction of sp³-hybridized carbons (Fsp3) is 0.188. The first kappa shape index (κ1) is 12.4. The molecule has 0 atom stereocenters. The van der Waals surface area contributed by atoms with Crippen LogP contribution in [-0.2, 0) is 4.79 Å². The lowest BCUT2D eigenvalue weighted by Gasteiger charge is -2.11. The quantitative estimate of drug-likeness (QED) is 0.739. The summed E-state index contributed by atoms with van der Waals surface area (Å²) in [7, 11) is 0. The Bertz CT molecular complexity index is 668. The molecule has 1 aromatic heterocycles. The van der Waals surface area contributed by atoms with Gasteiger partial charge in [-0.25, -0.2) is 9.97 Å². The molecule has 1 aromatic carbocycles. The van der Waals surface area contributed by atoms with Gasteiger partial charge in [-0.05, 0) is 18.6 Å². The van der Waals surface area contributed by atoms with Gasteiger partial charge in [-0.2, -0.15) is 0 Å². The van der Waals surface area contributed by atoms with Crippen molar-refractivity contribution in [1.29, 1.82) is 0 Å². The smallest absolute Gasteiger partial charge is 0.232 e. The maximum absolute atomic E-state index is 11.6. The molecule has 1 saturated heterocycles. The predicted molar refractivity (Wildman–Crippen MR) is 76.0 cm³/mol. The van der Waals surface area contributed by atoms with Gasteiger partial charge in [-0.1, -0.05) is 30.0 Å². The van der Waals surface area contributed by atoms with Gasteiger partial charge in [0.15, 0.2) is 0 Å². The molecule has 0 spiro atoms. The van der Waals surface area contributed by atoms with Gasteiger partial charge < -0.3 is 0 Å². The minimum Gasteiger partial charge on any atom is -0.281 e. The molecular weight excluding hydrogens is 250 g/mol. The summed E-state index contributed by atoms with van der Waals surface area (Å²) < 4.78 is 0. The first-order chi connectivity index (χ1) is 9.83. The Balaban J connectivity index is 1.77. The van der Waals surface area contributed by atoms with E-state index >= 15 is 0 Å². The number of hydrogen-bond acceptors (Lipinski definition) is 3. The summed E-state index contributed by atoms with van der Waals surface area (Å²) in [6.45, 7) is 0.702. The highest BCUT2D eigenvalue weighted by Crippen LogP contribution is 2.16. The van der Waals surface area contributed by atoms with Crippen molar-refractivity contribution < 1.29 is 4.79 Å². The zero-order valence-corrected chi connectivity index (χ0v) is 10.9. The Labute approximate surface area is 117 Å². The Morgan fingerprint density at radius 2 is 1.70 bits per heavy atom. The molecule has 98 valence electrons.